The molecule has 1 aliphatic heterocycles. The molecule has 3 aromatic rings. The maximum Gasteiger partial charge on any atom is 0.255 e. The number of thioether (sulfide) groups is 1. The number of hydrogen-bond donors (Lipinski definition) is 1. The Kier molecular flexibility index (Phi) is 6.47. The van der Waals surface area contributed by atoms with E-state index in [9.17, 15) is 14.0 Å². The fraction of sp³-hybridized carbons (Fsp3) is 0.174. The monoisotopic (exact) mass is 437 g/mol. The molecule has 2 aromatic carbocycles. The minimum absolute atomic E-state index is 0.165. The Morgan fingerprint density at radius 1 is 1.13 bits per heavy atom. The van der Waals surface area contributed by atoms with Crippen molar-refractivity contribution >= 4 is 23.6 Å². The lowest BCUT2D eigenvalue weighted by Gasteiger charge is -2.23. The van der Waals surface area contributed by atoms with E-state index in [-0.39, 0.29) is 24.2 Å². The second-order valence-corrected chi connectivity index (χ2v) is 7.90. The number of nitrogens with one attached hydrogen (secondary N) is 1. The number of aromatic nitrogens is 1. The predicted octanol–water partition coefficient (Wildman–Crippen LogP) is 3.84. The number of pyridine rings is 1. The molecule has 0 aliphatic carbocycles. The van der Waals surface area contributed by atoms with Gasteiger partial charge in [-0.2, -0.15) is 0 Å². The minimum atomic E-state index is -0.554. The van der Waals surface area contributed by atoms with Crippen molar-refractivity contribution in [1.29, 1.82) is 0 Å². The van der Waals surface area contributed by atoms with Crippen LogP contribution in [0.15, 0.2) is 72.9 Å². The quantitative estimate of drug-likeness (QED) is 0.634. The van der Waals surface area contributed by atoms with Crippen LogP contribution in [-0.2, 0) is 11.3 Å². The lowest BCUT2D eigenvalue weighted by atomic mass is 10.1. The first-order chi connectivity index (χ1) is 15.1. The maximum absolute atomic E-state index is 13.4. The molecule has 1 fully saturated rings. The molecule has 1 aromatic heterocycles. The number of amides is 2. The maximum atomic E-state index is 13.4. The average molecular weight is 437 g/mol. The van der Waals surface area contributed by atoms with Crippen molar-refractivity contribution in [3.8, 4) is 11.6 Å². The minimum Gasteiger partial charge on any atom is -0.439 e. The molecule has 0 spiro atoms. The van der Waals surface area contributed by atoms with Gasteiger partial charge in [0.05, 0.1) is 5.88 Å². The Bertz CT molecular complexity index is 1080. The Hall–Kier alpha value is -3.39. The molecule has 0 bridgehead atoms. The SMILES string of the molecule is O=C(NCc1cccnc1Oc1cccc(F)c1)C1CSCN1C(=O)c1ccccc1. The summed E-state index contributed by atoms with van der Waals surface area (Å²) in [5, 5.41) is 2.87. The molecule has 1 unspecified atom stereocenters. The van der Waals surface area contributed by atoms with Crippen LogP contribution in [0.4, 0.5) is 4.39 Å². The fourth-order valence-electron chi connectivity index (χ4n) is 3.20. The smallest absolute Gasteiger partial charge is 0.255 e. The molecule has 1 saturated heterocycles. The molecule has 0 radical (unpaired) electrons. The molecule has 8 heteroatoms. The van der Waals surface area contributed by atoms with Gasteiger partial charge in [0.25, 0.3) is 5.91 Å². The van der Waals surface area contributed by atoms with Gasteiger partial charge < -0.3 is 15.0 Å². The zero-order valence-electron chi connectivity index (χ0n) is 16.5. The first kappa shape index (κ1) is 20.9. The van der Waals surface area contributed by atoms with E-state index in [1.165, 1.54) is 12.1 Å². The van der Waals surface area contributed by atoms with E-state index < -0.39 is 11.9 Å². The van der Waals surface area contributed by atoms with Crippen molar-refractivity contribution < 1.29 is 18.7 Å². The van der Waals surface area contributed by atoms with Gasteiger partial charge in [-0.3, -0.25) is 9.59 Å². The summed E-state index contributed by atoms with van der Waals surface area (Å²) in [6, 6.07) is 17.6. The van der Waals surface area contributed by atoms with E-state index >= 15 is 0 Å². The van der Waals surface area contributed by atoms with E-state index in [4.69, 9.17) is 4.74 Å². The van der Waals surface area contributed by atoms with Crippen LogP contribution in [0.2, 0.25) is 0 Å². The normalized spacial score (nSPS) is 15.5. The molecular weight excluding hydrogens is 417 g/mol. The van der Waals surface area contributed by atoms with Crippen LogP contribution in [0.1, 0.15) is 15.9 Å². The molecule has 31 heavy (non-hydrogen) atoms. The van der Waals surface area contributed by atoms with Crippen LogP contribution < -0.4 is 10.1 Å². The molecule has 4 rings (SSSR count). The molecule has 158 valence electrons. The summed E-state index contributed by atoms with van der Waals surface area (Å²) in [7, 11) is 0. The standard InChI is InChI=1S/C23H20FN3O3S/c24-18-9-4-10-19(12-18)30-22-17(8-5-11-25-22)13-26-21(28)20-14-31-15-27(20)23(29)16-6-2-1-3-7-16/h1-12,20H,13-15H2,(H,26,28). The number of nitrogens with zero attached hydrogens (tertiary/aromatic N) is 2. The lowest BCUT2D eigenvalue weighted by Crippen LogP contribution is -2.47. The van der Waals surface area contributed by atoms with E-state index in [0.29, 0.717) is 28.5 Å². The highest BCUT2D eigenvalue weighted by molar-refractivity contribution is 7.99. The third kappa shape index (κ3) is 5.03. The van der Waals surface area contributed by atoms with Gasteiger partial charge in [-0.15, -0.1) is 11.8 Å². The molecule has 2 heterocycles. The molecular formula is C23H20FN3O3S. The number of benzene rings is 2. The van der Waals surface area contributed by atoms with Gasteiger partial charge >= 0.3 is 0 Å². The van der Waals surface area contributed by atoms with E-state index in [2.05, 4.69) is 10.3 Å². The van der Waals surface area contributed by atoms with Gasteiger partial charge in [0.2, 0.25) is 11.8 Å². The van der Waals surface area contributed by atoms with Crippen molar-refractivity contribution in [2.45, 2.75) is 12.6 Å². The van der Waals surface area contributed by atoms with Gasteiger partial charge in [0.1, 0.15) is 17.6 Å². The third-order valence-corrected chi connectivity index (χ3v) is 5.79. The van der Waals surface area contributed by atoms with Crippen LogP contribution in [0, 0.1) is 5.82 Å². The van der Waals surface area contributed by atoms with E-state index in [1.54, 1.807) is 71.4 Å². The second kappa shape index (κ2) is 9.61. The van der Waals surface area contributed by atoms with Gasteiger partial charge in [-0.05, 0) is 30.3 Å². The van der Waals surface area contributed by atoms with E-state index in [1.807, 2.05) is 6.07 Å². The fourth-order valence-corrected chi connectivity index (χ4v) is 4.35. The first-order valence-corrected chi connectivity index (χ1v) is 10.9. The second-order valence-electron chi connectivity index (χ2n) is 6.90. The van der Waals surface area contributed by atoms with Gasteiger partial charge in [-0.25, -0.2) is 9.37 Å². The number of ether oxygens (including phenoxy) is 1. The predicted molar refractivity (Wildman–Crippen MR) is 116 cm³/mol. The summed E-state index contributed by atoms with van der Waals surface area (Å²) in [6.45, 7) is 0.172. The number of carbonyl (C=O) groups excluding carboxylic acids is 2. The molecule has 2 amide bonds. The summed E-state index contributed by atoms with van der Waals surface area (Å²) in [5.74, 6) is 0.781. The topological polar surface area (TPSA) is 71.5 Å². The molecule has 1 atom stereocenters. The molecule has 0 saturated carbocycles. The zero-order valence-corrected chi connectivity index (χ0v) is 17.3. The molecule has 1 aliphatic rings. The number of hydrogen-bond acceptors (Lipinski definition) is 5. The Morgan fingerprint density at radius 3 is 2.77 bits per heavy atom. The average Bonchev–Trinajstić information content (AvgIpc) is 3.28. The number of carbonyl (C=O) groups is 2. The van der Waals surface area contributed by atoms with Crippen molar-refractivity contribution in [1.82, 2.24) is 15.2 Å². The zero-order chi connectivity index (χ0) is 21.6. The van der Waals surface area contributed by atoms with Gasteiger partial charge in [-0.1, -0.05) is 30.3 Å². The number of rotatable bonds is 6. The summed E-state index contributed by atoms with van der Waals surface area (Å²) in [5.41, 5.74) is 1.20. The highest BCUT2D eigenvalue weighted by atomic mass is 32.2. The number of halogens is 1. The highest BCUT2D eigenvalue weighted by Gasteiger charge is 2.35. The van der Waals surface area contributed by atoms with Crippen molar-refractivity contribution in [3.63, 3.8) is 0 Å². The summed E-state index contributed by atoms with van der Waals surface area (Å²) in [4.78, 5) is 31.4. The van der Waals surface area contributed by atoms with Crippen LogP contribution in [-0.4, -0.2) is 39.4 Å². The Balaban J connectivity index is 1.42. The van der Waals surface area contributed by atoms with Crippen LogP contribution in [0.3, 0.4) is 0 Å². The van der Waals surface area contributed by atoms with Crippen molar-refractivity contribution in [2.24, 2.45) is 0 Å². The molecule has 6 nitrogen and oxygen atoms in total. The van der Waals surface area contributed by atoms with E-state index in [0.717, 1.165) is 0 Å². The first-order valence-electron chi connectivity index (χ1n) is 9.70. The lowest BCUT2D eigenvalue weighted by molar-refractivity contribution is -0.124. The summed E-state index contributed by atoms with van der Waals surface area (Å²) >= 11 is 1.54. The van der Waals surface area contributed by atoms with Crippen molar-refractivity contribution in [2.75, 3.05) is 11.6 Å². The van der Waals surface area contributed by atoms with Gasteiger partial charge in [0, 0.05) is 35.7 Å². The third-order valence-electron chi connectivity index (χ3n) is 4.78. The van der Waals surface area contributed by atoms with Crippen molar-refractivity contribution in [3.05, 3.63) is 89.9 Å². The van der Waals surface area contributed by atoms with Crippen LogP contribution in [0.25, 0.3) is 0 Å². The summed E-state index contributed by atoms with van der Waals surface area (Å²) < 4.78 is 19.1. The highest BCUT2D eigenvalue weighted by Crippen LogP contribution is 2.25. The van der Waals surface area contributed by atoms with Crippen LogP contribution in [0.5, 0.6) is 11.6 Å². The summed E-state index contributed by atoms with van der Waals surface area (Å²) in [6.07, 6.45) is 1.56. The van der Waals surface area contributed by atoms with Crippen LogP contribution >= 0.6 is 11.8 Å². The van der Waals surface area contributed by atoms with Gasteiger partial charge in [0.15, 0.2) is 0 Å². The Labute approximate surface area is 183 Å². The Morgan fingerprint density at radius 2 is 1.97 bits per heavy atom. The molecule has 1 N–H and O–H groups in total. The largest absolute Gasteiger partial charge is 0.439 e.